The molecule has 0 bridgehead atoms. The molecule has 19 heavy (non-hydrogen) atoms. The number of nitrogen functional groups attached to an aromatic ring is 1. The van der Waals surface area contributed by atoms with Gasteiger partial charge in [-0.15, -0.1) is 0 Å². The number of anilines is 1. The summed E-state index contributed by atoms with van der Waals surface area (Å²) in [5.74, 6) is -0.481. The molecule has 1 atom stereocenters. The minimum atomic E-state index is -0.793. The molecule has 2 nitrogen and oxygen atoms in total. The van der Waals surface area contributed by atoms with Crippen molar-refractivity contribution in [1.29, 1.82) is 0 Å². The number of aliphatic hydroxyl groups is 1. The molecule has 100 valence electrons. The van der Waals surface area contributed by atoms with Crippen LogP contribution in [0.3, 0.4) is 0 Å². The molecule has 3 N–H and O–H groups in total. The highest BCUT2D eigenvalue weighted by atomic mass is 35.5. The van der Waals surface area contributed by atoms with Gasteiger partial charge in [-0.25, -0.2) is 4.39 Å². The SMILES string of the molecule is Nc1cc(Cl)ccc1C(O)Cc1ccc(F)c(Cl)c1. The van der Waals surface area contributed by atoms with Gasteiger partial charge in [0.15, 0.2) is 0 Å². The summed E-state index contributed by atoms with van der Waals surface area (Å²) >= 11 is 11.5. The Balaban J connectivity index is 2.20. The fraction of sp³-hybridized carbons (Fsp3) is 0.143. The van der Waals surface area contributed by atoms with Gasteiger partial charge in [0.2, 0.25) is 0 Å². The molecule has 1 unspecified atom stereocenters. The summed E-state index contributed by atoms with van der Waals surface area (Å²) in [6.45, 7) is 0. The highest BCUT2D eigenvalue weighted by molar-refractivity contribution is 6.31. The number of hydrogen-bond donors (Lipinski definition) is 2. The Hall–Kier alpha value is -1.29. The van der Waals surface area contributed by atoms with Gasteiger partial charge in [-0.2, -0.15) is 0 Å². The topological polar surface area (TPSA) is 46.2 Å². The monoisotopic (exact) mass is 299 g/mol. The van der Waals surface area contributed by atoms with E-state index in [2.05, 4.69) is 0 Å². The van der Waals surface area contributed by atoms with E-state index in [1.54, 1.807) is 24.3 Å². The van der Waals surface area contributed by atoms with Gasteiger partial charge in [0.25, 0.3) is 0 Å². The average Bonchev–Trinajstić information content (AvgIpc) is 2.33. The fourth-order valence-electron chi connectivity index (χ4n) is 1.85. The molecule has 0 saturated carbocycles. The van der Waals surface area contributed by atoms with E-state index >= 15 is 0 Å². The number of benzene rings is 2. The van der Waals surface area contributed by atoms with E-state index in [4.69, 9.17) is 28.9 Å². The lowest BCUT2D eigenvalue weighted by molar-refractivity contribution is 0.179. The van der Waals surface area contributed by atoms with Crippen LogP contribution >= 0.6 is 23.2 Å². The van der Waals surface area contributed by atoms with Crippen molar-refractivity contribution in [1.82, 2.24) is 0 Å². The zero-order chi connectivity index (χ0) is 14.0. The van der Waals surface area contributed by atoms with Crippen LogP contribution in [0.4, 0.5) is 10.1 Å². The van der Waals surface area contributed by atoms with E-state index in [0.717, 1.165) is 5.56 Å². The molecule has 2 rings (SSSR count). The van der Waals surface area contributed by atoms with Crippen molar-refractivity contribution in [2.75, 3.05) is 5.73 Å². The zero-order valence-corrected chi connectivity index (χ0v) is 11.4. The highest BCUT2D eigenvalue weighted by Crippen LogP contribution is 2.27. The maximum Gasteiger partial charge on any atom is 0.141 e. The normalized spacial score (nSPS) is 12.4. The van der Waals surface area contributed by atoms with Crippen LogP contribution in [-0.4, -0.2) is 5.11 Å². The van der Waals surface area contributed by atoms with Crippen LogP contribution in [-0.2, 0) is 6.42 Å². The first-order valence-electron chi connectivity index (χ1n) is 5.64. The summed E-state index contributed by atoms with van der Waals surface area (Å²) < 4.78 is 13.0. The molecular weight excluding hydrogens is 288 g/mol. The zero-order valence-electron chi connectivity index (χ0n) is 9.91. The lowest BCUT2D eigenvalue weighted by atomic mass is 10.00. The molecular formula is C14H12Cl2FNO. The maximum absolute atomic E-state index is 13.0. The van der Waals surface area contributed by atoms with E-state index in [-0.39, 0.29) is 5.02 Å². The summed E-state index contributed by atoms with van der Waals surface area (Å²) in [6.07, 6.45) is -0.495. The highest BCUT2D eigenvalue weighted by Gasteiger charge is 2.13. The van der Waals surface area contributed by atoms with Crippen LogP contribution in [0.2, 0.25) is 10.0 Å². The van der Waals surface area contributed by atoms with Crippen molar-refractivity contribution >= 4 is 28.9 Å². The third-order valence-electron chi connectivity index (χ3n) is 2.82. The van der Waals surface area contributed by atoms with Gasteiger partial charge in [-0.3, -0.25) is 0 Å². The summed E-state index contributed by atoms with van der Waals surface area (Å²) in [5.41, 5.74) is 7.54. The maximum atomic E-state index is 13.0. The molecule has 0 fully saturated rings. The smallest absolute Gasteiger partial charge is 0.141 e. The molecule has 2 aromatic carbocycles. The molecule has 0 aliphatic rings. The molecule has 0 saturated heterocycles. The van der Waals surface area contributed by atoms with Crippen molar-refractivity contribution in [3.63, 3.8) is 0 Å². The minimum absolute atomic E-state index is 0.0359. The van der Waals surface area contributed by atoms with Gasteiger partial charge in [0.1, 0.15) is 5.82 Å². The molecule has 2 aromatic rings. The van der Waals surface area contributed by atoms with Gasteiger partial charge in [0, 0.05) is 22.7 Å². The van der Waals surface area contributed by atoms with Crippen LogP contribution in [0.5, 0.6) is 0 Å². The summed E-state index contributed by atoms with van der Waals surface area (Å²) in [4.78, 5) is 0. The van der Waals surface area contributed by atoms with Crippen LogP contribution in [0.1, 0.15) is 17.2 Å². The summed E-state index contributed by atoms with van der Waals surface area (Å²) in [6, 6.07) is 9.26. The van der Waals surface area contributed by atoms with E-state index in [9.17, 15) is 9.50 Å². The van der Waals surface area contributed by atoms with Crippen LogP contribution in [0, 0.1) is 5.82 Å². The number of nitrogens with two attached hydrogens (primary N) is 1. The molecule has 0 aromatic heterocycles. The molecule has 0 amide bonds. The first-order valence-corrected chi connectivity index (χ1v) is 6.40. The van der Waals surface area contributed by atoms with Gasteiger partial charge < -0.3 is 10.8 Å². The second-order valence-corrected chi connectivity index (χ2v) is 5.09. The van der Waals surface area contributed by atoms with Crippen LogP contribution < -0.4 is 5.73 Å². The Morgan fingerprint density at radius 3 is 2.53 bits per heavy atom. The average molecular weight is 300 g/mol. The van der Waals surface area contributed by atoms with E-state index < -0.39 is 11.9 Å². The predicted molar refractivity (Wildman–Crippen MR) is 75.9 cm³/mol. The van der Waals surface area contributed by atoms with Crippen molar-refractivity contribution in [2.45, 2.75) is 12.5 Å². The Morgan fingerprint density at radius 1 is 1.16 bits per heavy atom. The fourth-order valence-corrected chi connectivity index (χ4v) is 2.23. The van der Waals surface area contributed by atoms with Crippen molar-refractivity contribution in [2.24, 2.45) is 0 Å². The van der Waals surface area contributed by atoms with Crippen molar-refractivity contribution in [3.05, 3.63) is 63.4 Å². The minimum Gasteiger partial charge on any atom is -0.398 e. The van der Waals surface area contributed by atoms with Gasteiger partial charge in [0.05, 0.1) is 11.1 Å². The molecule has 0 aliphatic heterocycles. The Kier molecular flexibility index (Phi) is 4.30. The second kappa shape index (κ2) is 5.78. The van der Waals surface area contributed by atoms with Crippen molar-refractivity contribution < 1.29 is 9.50 Å². The second-order valence-electron chi connectivity index (χ2n) is 4.24. The predicted octanol–water partition coefficient (Wildman–Crippen LogP) is 3.99. The third-order valence-corrected chi connectivity index (χ3v) is 3.35. The van der Waals surface area contributed by atoms with Crippen LogP contribution in [0.25, 0.3) is 0 Å². The molecule has 0 aliphatic carbocycles. The number of hydrogen-bond acceptors (Lipinski definition) is 2. The number of rotatable bonds is 3. The molecule has 5 heteroatoms. The van der Waals surface area contributed by atoms with Crippen molar-refractivity contribution in [3.8, 4) is 0 Å². The Morgan fingerprint density at radius 2 is 1.89 bits per heavy atom. The Bertz CT molecular complexity index is 604. The lowest BCUT2D eigenvalue weighted by Gasteiger charge is -2.14. The molecule has 0 spiro atoms. The number of halogens is 3. The van der Waals surface area contributed by atoms with Gasteiger partial charge >= 0.3 is 0 Å². The van der Waals surface area contributed by atoms with Gasteiger partial charge in [-0.05, 0) is 29.8 Å². The lowest BCUT2D eigenvalue weighted by Crippen LogP contribution is -2.05. The molecule has 0 radical (unpaired) electrons. The summed E-state index contributed by atoms with van der Waals surface area (Å²) in [7, 11) is 0. The van der Waals surface area contributed by atoms with E-state index in [1.807, 2.05) is 0 Å². The van der Waals surface area contributed by atoms with Crippen LogP contribution in [0.15, 0.2) is 36.4 Å². The van der Waals surface area contributed by atoms with E-state index in [0.29, 0.717) is 22.7 Å². The standard InChI is InChI=1S/C14H12Cl2FNO/c15-9-2-3-10(13(18)7-9)14(19)6-8-1-4-12(17)11(16)5-8/h1-5,7,14,19H,6,18H2. The third kappa shape index (κ3) is 3.38. The Labute approximate surface area is 120 Å². The first kappa shape index (κ1) is 14.1. The first-order chi connectivity index (χ1) is 8.97. The van der Waals surface area contributed by atoms with Gasteiger partial charge in [-0.1, -0.05) is 35.3 Å². The molecule has 0 heterocycles. The van der Waals surface area contributed by atoms with E-state index in [1.165, 1.54) is 12.1 Å². The quantitative estimate of drug-likeness (QED) is 0.842. The largest absolute Gasteiger partial charge is 0.398 e. The summed E-state index contributed by atoms with van der Waals surface area (Å²) in [5, 5.41) is 10.7. The number of aliphatic hydroxyl groups excluding tert-OH is 1.